The van der Waals surface area contributed by atoms with E-state index in [0.29, 0.717) is 16.3 Å². The lowest BCUT2D eigenvalue weighted by Gasteiger charge is -2.05. The maximum absolute atomic E-state index is 10.5. The maximum atomic E-state index is 10.5. The van der Waals surface area contributed by atoms with Gasteiger partial charge >= 0.3 is 0 Å². The fourth-order valence-corrected chi connectivity index (χ4v) is 2.02. The molecule has 0 unspecified atom stereocenters. The Bertz CT molecular complexity index is 457. The van der Waals surface area contributed by atoms with E-state index in [4.69, 9.17) is 4.55 Å². The van der Waals surface area contributed by atoms with Gasteiger partial charge < -0.3 is 5.32 Å². The summed E-state index contributed by atoms with van der Waals surface area (Å²) in [6, 6.07) is 0. The molecule has 2 N–H and O–H groups in total. The number of nitrogens with one attached hydrogen (secondary N) is 1. The van der Waals surface area contributed by atoms with Gasteiger partial charge in [0.2, 0.25) is 5.95 Å². The van der Waals surface area contributed by atoms with Crippen LogP contribution < -0.4 is 5.32 Å². The van der Waals surface area contributed by atoms with Gasteiger partial charge in [-0.05, 0) is 12.5 Å². The summed E-state index contributed by atoms with van der Waals surface area (Å²) in [7, 11) is -3.97. The summed E-state index contributed by atoms with van der Waals surface area (Å²) in [6.45, 7) is 0.0461. The quantitative estimate of drug-likeness (QED) is 0.577. The Morgan fingerprint density at radius 3 is 2.12 bits per heavy atom. The Morgan fingerprint density at radius 1 is 1.18 bits per heavy atom. The Kier molecular flexibility index (Phi) is 5.43. The van der Waals surface area contributed by atoms with E-state index in [2.05, 4.69) is 20.3 Å². The van der Waals surface area contributed by atoms with Gasteiger partial charge in [0.1, 0.15) is 0 Å². The van der Waals surface area contributed by atoms with Crippen LogP contribution in [0.1, 0.15) is 0 Å². The van der Waals surface area contributed by atoms with E-state index in [1.807, 2.05) is 12.5 Å². The van der Waals surface area contributed by atoms with Crippen molar-refractivity contribution in [3.63, 3.8) is 0 Å². The highest BCUT2D eigenvalue weighted by Gasteiger charge is 2.07. The Balaban J connectivity index is 2.70. The number of hydrogen-bond acceptors (Lipinski definition) is 8. The summed E-state index contributed by atoms with van der Waals surface area (Å²) >= 11 is 2.74. The average Bonchev–Trinajstić information content (AvgIpc) is 2.26. The van der Waals surface area contributed by atoms with Crippen LogP contribution >= 0.6 is 23.5 Å². The third kappa shape index (κ3) is 5.52. The molecule has 0 spiro atoms. The minimum absolute atomic E-state index is 0.0461. The highest BCUT2D eigenvalue weighted by Crippen LogP contribution is 2.16. The highest BCUT2D eigenvalue weighted by atomic mass is 32.2. The Morgan fingerprint density at radius 2 is 1.71 bits per heavy atom. The second kappa shape index (κ2) is 6.38. The Labute approximate surface area is 108 Å². The highest BCUT2D eigenvalue weighted by molar-refractivity contribution is 7.99. The predicted octanol–water partition coefficient (Wildman–Crippen LogP) is 0.615. The van der Waals surface area contributed by atoms with Crippen molar-refractivity contribution in [2.24, 2.45) is 0 Å². The smallest absolute Gasteiger partial charge is 0.266 e. The first-order valence-corrected chi connectivity index (χ1v) is 8.53. The van der Waals surface area contributed by atoms with Crippen molar-refractivity contribution in [2.75, 3.05) is 30.1 Å². The van der Waals surface area contributed by atoms with Crippen LogP contribution in [0.2, 0.25) is 0 Å². The van der Waals surface area contributed by atoms with Gasteiger partial charge in [-0.1, -0.05) is 23.5 Å². The standard InChI is InChI=1S/C7H12N4O3S3/c1-15-6-9-5(10-7(11-6)16-2)8-3-4-17(12,13)14/h3-4H2,1-2H3,(H,12,13,14)(H,8,9,10,11). The molecule has 1 rings (SSSR count). The van der Waals surface area contributed by atoms with Crippen molar-refractivity contribution in [2.45, 2.75) is 10.3 Å². The van der Waals surface area contributed by atoms with E-state index in [9.17, 15) is 8.42 Å². The van der Waals surface area contributed by atoms with Crippen LogP contribution in [0.15, 0.2) is 10.3 Å². The van der Waals surface area contributed by atoms with Crippen LogP contribution in [-0.2, 0) is 10.1 Å². The molecule has 0 saturated heterocycles. The third-order valence-electron chi connectivity index (χ3n) is 1.60. The summed E-state index contributed by atoms with van der Waals surface area (Å²) in [5.41, 5.74) is 0. The first-order valence-electron chi connectivity index (χ1n) is 4.47. The van der Waals surface area contributed by atoms with Crippen molar-refractivity contribution < 1.29 is 13.0 Å². The van der Waals surface area contributed by atoms with Gasteiger partial charge in [0.25, 0.3) is 10.1 Å². The van der Waals surface area contributed by atoms with Crippen LogP contribution in [0, 0.1) is 0 Å². The second-order valence-corrected chi connectivity index (χ2v) is 5.96. The normalized spacial score (nSPS) is 11.5. The molecule has 0 aliphatic carbocycles. The van der Waals surface area contributed by atoms with Gasteiger partial charge in [0, 0.05) is 6.54 Å². The zero-order valence-electron chi connectivity index (χ0n) is 9.24. The van der Waals surface area contributed by atoms with E-state index < -0.39 is 10.1 Å². The molecule has 0 fully saturated rings. The first kappa shape index (κ1) is 14.5. The van der Waals surface area contributed by atoms with Gasteiger partial charge in [-0.3, -0.25) is 4.55 Å². The largest absolute Gasteiger partial charge is 0.353 e. The maximum Gasteiger partial charge on any atom is 0.266 e. The van der Waals surface area contributed by atoms with Crippen molar-refractivity contribution >= 4 is 39.6 Å². The molecule has 0 bridgehead atoms. The lowest BCUT2D eigenvalue weighted by atomic mass is 10.7. The fraction of sp³-hybridized carbons (Fsp3) is 0.571. The first-order chi connectivity index (χ1) is 7.94. The van der Waals surface area contributed by atoms with Crippen molar-refractivity contribution in [3.8, 4) is 0 Å². The zero-order valence-corrected chi connectivity index (χ0v) is 11.7. The van der Waals surface area contributed by atoms with Crippen LogP contribution in [0.4, 0.5) is 5.95 Å². The fourth-order valence-electron chi connectivity index (χ4n) is 0.891. The molecule has 0 atom stereocenters. The summed E-state index contributed by atoms with van der Waals surface area (Å²) in [5.74, 6) is -0.0839. The van der Waals surface area contributed by atoms with Crippen LogP contribution in [-0.4, -0.2) is 52.7 Å². The molecular formula is C7H12N4O3S3. The van der Waals surface area contributed by atoms with E-state index in [-0.39, 0.29) is 12.3 Å². The molecule has 96 valence electrons. The predicted molar refractivity (Wildman–Crippen MR) is 68.3 cm³/mol. The molecule has 0 radical (unpaired) electrons. The minimum Gasteiger partial charge on any atom is -0.353 e. The number of rotatable bonds is 6. The van der Waals surface area contributed by atoms with E-state index in [0.717, 1.165) is 0 Å². The lowest BCUT2D eigenvalue weighted by molar-refractivity contribution is 0.484. The zero-order chi connectivity index (χ0) is 12.9. The molecule has 0 aliphatic heterocycles. The molecule has 0 amide bonds. The Hall–Kier alpha value is -0.580. The SMILES string of the molecule is CSc1nc(NCCS(=O)(=O)O)nc(SC)n1. The molecule has 0 saturated carbocycles. The van der Waals surface area contributed by atoms with Crippen molar-refractivity contribution in [1.29, 1.82) is 0 Å². The average molecular weight is 296 g/mol. The van der Waals surface area contributed by atoms with Crippen LogP contribution in [0.3, 0.4) is 0 Å². The molecule has 7 nitrogen and oxygen atoms in total. The molecule has 0 aromatic carbocycles. The summed E-state index contributed by atoms with van der Waals surface area (Å²) in [4.78, 5) is 12.2. The molecule has 1 heterocycles. The van der Waals surface area contributed by atoms with E-state index >= 15 is 0 Å². The molecule has 17 heavy (non-hydrogen) atoms. The summed E-state index contributed by atoms with van der Waals surface area (Å²) < 4.78 is 29.6. The van der Waals surface area contributed by atoms with Crippen molar-refractivity contribution in [1.82, 2.24) is 15.0 Å². The molecule has 1 aromatic heterocycles. The number of hydrogen-bond donors (Lipinski definition) is 2. The number of thioether (sulfide) groups is 2. The minimum atomic E-state index is -3.97. The molecule has 10 heteroatoms. The van der Waals surface area contributed by atoms with Gasteiger partial charge in [-0.25, -0.2) is 0 Å². The van der Waals surface area contributed by atoms with E-state index in [1.165, 1.54) is 23.5 Å². The molecule has 0 aliphatic rings. The van der Waals surface area contributed by atoms with Crippen LogP contribution in [0.5, 0.6) is 0 Å². The second-order valence-electron chi connectivity index (χ2n) is 2.85. The topological polar surface area (TPSA) is 105 Å². The van der Waals surface area contributed by atoms with Gasteiger partial charge in [-0.15, -0.1) is 0 Å². The lowest BCUT2D eigenvalue weighted by Crippen LogP contribution is -2.16. The number of nitrogens with zero attached hydrogens (tertiary/aromatic N) is 3. The summed E-state index contributed by atoms with van der Waals surface area (Å²) in [5, 5.41) is 3.83. The third-order valence-corrected chi connectivity index (χ3v) is 3.42. The van der Waals surface area contributed by atoms with Gasteiger partial charge in [0.05, 0.1) is 5.75 Å². The molecule has 1 aromatic rings. The number of anilines is 1. The molecular weight excluding hydrogens is 284 g/mol. The monoisotopic (exact) mass is 296 g/mol. The number of aromatic nitrogens is 3. The van der Waals surface area contributed by atoms with E-state index in [1.54, 1.807) is 0 Å². The summed E-state index contributed by atoms with van der Waals surface area (Å²) in [6.07, 6.45) is 3.67. The van der Waals surface area contributed by atoms with Crippen molar-refractivity contribution in [3.05, 3.63) is 0 Å². The van der Waals surface area contributed by atoms with Crippen LogP contribution in [0.25, 0.3) is 0 Å². The van der Waals surface area contributed by atoms with Gasteiger partial charge in [-0.2, -0.15) is 23.4 Å². The van der Waals surface area contributed by atoms with Gasteiger partial charge in [0.15, 0.2) is 10.3 Å².